The van der Waals surface area contributed by atoms with Gasteiger partial charge in [-0.25, -0.2) is 8.42 Å². The molecule has 0 radical (unpaired) electrons. The van der Waals surface area contributed by atoms with Gasteiger partial charge in [0, 0.05) is 44.1 Å². The van der Waals surface area contributed by atoms with Crippen LogP contribution in [0.1, 0.15) is 47.8 Å². The molecular formula is C24H36N4O3S2. The molecule has 2 heterocycles. The number of carbonyl (C=O) groups excluding carboxylic acids is 1. The van der Waals surface area contributed by atoms with Crippen LogP contribution >= 0.6 is 11.3 Å². The van der Waals surface area contributed by atoms with E-state index in [1.807, 2.05) is 32.9 Å². The fraction of sp³-hybridized carbons (Fsp3) is 0.542. The summed E-state index contributed by atoms with van der Waals surface area (Å²) in [5.74, 6) is -0.200. The van der Waals surface area contributed by atoms with Gasteiger partial charge in [-0.1, -0.05) is 27.7 Å². The van der Waals surface area contributed by atoms with Crippen LogP contribution in [0.2, 0.25) is 0 Å². The van der Waals surface area contributed by atoms with Crippen LogP contribution in [0.5, 0.6) is 0 Å². The van der Waals surface area contributed by atoms with Gasteiger partial charge in [0.1, 0.15) is 0 Å². The molecule has 1 aromatic carbocycles. The summed E-state index contributed by atoms with van der Waals surface area (Å²) in [7, 11) is -3.63. The van der Waals surface area contributed by atoms with E-state index in [1.54, 1.807) is 12.1 Å². The maximum atomic E-state index is 13.2. The summed E-state index contributed by atoms with van der Waals surface area (Å²) < 4.78 is 27.7. The number of sulfonamides is 1. The molecule has 33 heavy (non-hydrogen) atoms. The summed E-state index contributed by atoms with van der Waals surface area (Å²) in [6.45, 7) is 15.3. The van der Waals surface area contributed by atoms with Gasteiger partial charge in [-0.15, -0.1) is 11.3 Å². The van der Waals surface area contributed by atoms with Crippen molar-refractivity contribution in [2.75, 3.05) is 56.0 Å². The minimum absolute atomic E-state index is 0.200. The highest BCUT2D eigenvalue weighted by Gasteiger charge is 2.26. The molecule has 1 N–H and O–H groups in total. The molecule has 7 nitrogen and oxygen atoms in total. The molecule has 1 aromatic heterocycles. The molecule has 1 aliphatic rings. The summed E-state index contributed by atoms with van der Waals surface area (Å²) in [6.07, 6.45) is 0.883. The highest BCUT2D eigenvalue weighted by atomic mass is 32.2. The largest absolute Gasteiger partial charge is 0.367 e. The predicted octanol–water partition coefficient (Wildman–Crippen LogP) is 4.04. The van der Waals surface area contributed by atoms with E-state index in [1.165, 1.54) is 20.5 Å². The van der Waals surface area contributed by atoms with Crippen LogP contribution in [0.15, 0.2) is 29.2 Å². The first-order valence-electron chi connectivity index (χ1n) is 11.8. The van der Waals surface area contributed by atoms with Gasteiger partial charge in [0.05, 0.1) is 21.1 Å². The number of anilines is 2. The van der Waals surface area contributed by atoms with Crippen LogP contribution in [0.4, 0.5) is 11.4 Å². The second-order valence-corrected chi connectivity index (χ2v) is 11.3. The van der Waals surface area contributed by atoms with Crippen molar-refractivity contribution in [3.63, 3.8) is 0 Å². The third-order valence-corrected chi connectivity index (χ3v) is 9.71. The molecule has 1 saturated heterocycles. The first kappa shape index (κ1) is 25.7. The number of amides is 1. The van der Waals surface area contributed by atoms with Crippen molar-refractivity contribution < 1.29 is 13.2 Å². The number of benzene rings is 1. The van der Waals surface area contributed by atoms with Gasteiger partial charge in [0.2, 0.25) is 10.0 Å². The van der Waals surface area contributed by atoms with E-state index in [2.05, 4.69) is 29.0 Å². The van der Waals surface area contributed by atoms with Crippen molar-refractivity contribution >= 4 is 38.6 Å². The van der Waals surface area contributed by atoms with E-state index in [9.17, 15) is 13.2 Å². The molecule has 3 rings (SSSR count). The van der Waals surface area contributed by atoms with Gasteiger partial charge in [-0.05, 0) is 49.7 Å². The van der Waals surface area contributed by atoms with Crippen LogP contribution in [0.3, 0.4) is 0 Å². The molecule has 9 heteroatoms. The smallest absolute Gasteiger partial charge is 0.265 e. The van der Waals surface area contributed by atoms with Crippen molar-refractivity contribution in [1.82, 2.24) is 9.21 Å². The average molecular weight is 493 g/mol. The zero-order valence-electron chi connectivity index (χ0n) is 20.3. The monoisotopic (exact) mass is 492 g/mol. The fourth-order valence-electron chi connectivity index (χ4n) is 4.24. The lowest BCUT2D eigenvalue weighted by Gasteiger charge is -2.36. The van der Waals surface area contributed by atoms with Gasteiger partial charge in [-0.2, -0.15) is 4.31 Å². The highest BCUT2D eigenvalue weighted by molar-refractivity contribution is 7.89. The molecule has 1 aliphatic heterocycles. The number of carbonyl (C=O) groups is 1. The molecule has 0 atom stereocenters. The zero-order valence-corrected chi connectivity index (χ0v) is 22.0. The minimum Gasteiger partial charge on any atom is -0.367 e. The van der Waals surface area contributed by atoms with Gasteiger partial charge < -0.3 is 15.1 Å². The Kier molecular flexibility index (Phi) is 8.55. The van der Waals surface area contributed by atoms with Crippen LogP contribution in [-0.2, 0) is 16.4 Å². The third-order valence-electron chi connectivity index (χ3n) is 6.29. The van der Waals surface area contributed by atoms with Gasteiger partial charge in [-0.3, -0.25) is 4.79 Å². The minimum atomic E-state index is -3.63. The van der Waals surface area contributed by atoms with Crippen LogP contribution in [0.25, 0.3) is 0 Å². The number of nitrogens with zero attached hydrogens (tertiary/aromatic N) is 3. The van der Waals surface area contributed by atoms with E-state index in [0.29, 0.717) is 23.7 Å². The number of hydrogen-bond acceptors (Lipinski definition) is 6. The van der Waals surface area contributed by atoms with Crippen LogP contribution in [0, 0.1) is 6.92 Å². The fourth-order valence-corrected chi connectivity index (χ4v) is 6.73. The lowest BCUT2D eigenvalue weighted by atomic mass is 10.2. The van der Waals surface area contributed by atoms with Gasteiger partial charge in [0.15, 0.2) is 0 Å². The van der Waals surface area contributed by atoms with E-state index >= 15 is 0 Å². The molecule has 0 aliphatic carbocycles. The van der Waals surface area contributed by atoms with E-state index in [-0.39, 0.29) is 10.8 Å². The van der Waals surface area contributed by atoms with Crippen molar-refractivity contribution in [1.29, 1.82) is 0 Å². The van der Waals surface area contributed by atoms with Gasteiger partial charge >= 0.3 is 0 Å². The lowest BCUT2D eigenvalue weighted by Crippen LogP contribution is -2.46. The standard InChI is InChI=1S/C24H36N4O3S2/c1-6-22-18(5)16-23(32-22)24(29)25-20-17-19(33(30,31)28(8-3)9-4)10-11-21(20)27-14-12-26(7-2)13-15-27/h10-11,16-17H,6-9,12-15H2,1-5H3,(H,25,29). The van der Waals surface area contributed by atoms with Crippen molar-refractivity contribution in [3.8, 4) is 0 Å². The maximum absolute atomic E-state index is 13.2. The summed E-state index contributed by atoms with van der Waals surface area (Å²) >= 11 is 1.49. The first-order valence-corrected chi connectivity index (χ1v) is 14.0. The molecule has 1 fully saturated rings. The molecule has 182 valence electrons. The van der Waals surface area contributed by atoms with E-state index in [0.717, 1.165) is 50.4 Å². The molecule has 0 bridgehead atoms. The van der Waals surface area contributed by atoms with E-state index < -0.39 is 10.0 Å². The summed E-state index contributed by atoms with van der Waals surface area (Å²) in [6, 6.07) is 7.03. The molecule has 0 unspecified atom stereocenters. The Morgan fingerprint density at radius 2 is 1.73 bits per heavy atom. The number of piperazine rings is 1. The van der Waals surface area contributed by atoms with Crippen molar-refractivity contribution in [2.24, 2.45) is 0 Å². The average Bonchev–Trinajstić information content (AvgIpc) is 3.20. The predicted molar refractivity (Wildman–Crippen MR) is 137 cm³/mol. The second kappa shape index (κ2) is 11.0. The Morgan fingerprint density at radius 1 is 1.06 bits per heavy atom. The number of thiophene rings is 1. The summed E-state index contributed by atoms with van der Waals surface area (Å²) in [5, 5.41) is 3.03. The molecule has 2 aromatic rings. The Bertz CT molecular complexity index is 1070. The summed E-state index contributed by atoms with van der Waals surface area (Å²) in [5.41, 5.74) is 2.52. The Labute approximate surface area is 202 Å². The van der Waals surface area contributed by atoms with Crippen molar-refractivity contribution in [3.05, 3.63) is 39.6 Å². The normalized spacial score (nSPS) is 15.3. The Balaban J connectivity index is 1.98. The highest BCUT2D eigenvalue weighted by Crippen LogP contribution is 2.32. The maximum Gasteiger partial charge on any atom is 0.265 e. The SMILES string of the molecule is CCc1sc(C(=O)Nc2cc(S(=O)(=O)N(CC)CC)ccc2N2CCN(CC)CC2)cc1C. The molecule has 0 saturated carbocycles. The van der Waals surface area contributed by atoms with E-state index in [4.69, 9.17) is 0 Å². The second-order valence-electron chi connectivity index (χ2n) is 8.21. The molecule has 0 spiro atoms. The zero-order chi connectivity index (χ0) is 24.2. The number of hydrogen-bond donors (Lipinski definition) is 1. The van der Waals surface area contributed by atoms with Crippen LogP contribution in [-0.4, -0.2) is 69.3 Å². The van der Waals surface area contributed by atoms with Crippen molar-refractivity contribution in [2.45, 2.75) is 45.9 Å². The summed E-state index contributed by atoms with van der Waals surface area (Å²) in [4.78, 5) is 19.8. The number of rotatable bonds is 9. The number of likely N-dealkylation sites (N-methyl/N-ethyl adjacent to an activating group) is 1. The Hall–Kier alpha value is -1.94. The molecular weight excluding hydrogens is 456 g/mol. The lowest BCUT2D eigenvalue weighted by molar-refractivity contribution is 0.103. The number of aryl methyl sites for hydroxylation is 2. The van der Waals surface area contributed by atoms with Gasteiger partial charge in [0.25, 0.3) is 5.91 Å². The number of nitrogens with one attached hydrogen (secondary N) is 1. The third kappa shape index (κ3) is 5.59. The first-order chi connectivity index (χ1) is 15.7. The Morgan fingerprint density at radius 3 is 2.27 bits per heavy atom. The molecule has 1 amide bonds. The quantitative estimate of drug-likeness (QED) is 0.572. The topological polar surface area (TPSA) is 73.0 Å². The van der Waals surface area contributed by atoms with Crippen LogP contribution < -0.4 is 10.2 Å².